The van der Waals surface area contributed by atoms with Crippen molar-refractivity contribution in [2.45, 2.75) is 12.0 Å². The molecule has 0 saturated heterocycles. The first-order valence-electron chi connectivity index (χ1n) is 3.08. The molecule has 40 valence electrons. The first-order chi connectivity index (χ1) is 3.91. The second-order valence-electron chi connectivity index (χ2n) is 1.49. The van der Waals surface area contributed by atoms with E-state index in [1.54, 1.807) is 0 Å². The molecule has 0 heterocycles. The average Bonchev–Trinajstić information content (AvgIpc) is 1.81. The van der Waals surface area contributed by atoms with Crippen LogP contribution in [0.2, 0.25) is 5.09 Å². The molecule has 0 aromatic rings. The van der Waals surface area contributed by atoms with Crippen LogP contribution in [0.3, 0.4) is 0 Å². The van der Waals surface area contributed by atoms with Gasteiger partial charge in [0.05, 0.1) is 0 Å². The first-order valence-corrected chi connectivity index (χ1v) is 3.08. The normalized spacial score (nSPS) is 7.88. The van der Waals surface area contributed by atoms with Gasteiger partial charge in [-0.05, 0) is 0 Å². The van der Waals surface area contributed by atoms with Crippen LogP contribution in [0.4, 0.5) is 0 Å². The first kappa shape index (κ1) is 8.12. The molecule has 8 heavy (non-hydrogen) atoms. The van der Waals surface area contributed by atoms with Gasteiger partial charge in [-0.2, -0.15) is 0 Å². The molecule has 0 rings (SSSR count). The molecular weight excluding hydrogens is 93.0 g/mol. The van der Waals surface area contributed by atoms with Gasteiger partial charge >= 0.3 is 60.0 Å². The van der Waals surface area contributed by atoms with E-state index in [4.69, 9.17) is 0 Å². The van der Waals surface area contributed by atoms with E-state index in [1.807, 2.05) is 0 Å². The van der Waals surface area contributed by atoms with Crippen LogP contribution in [0.1, 0.15) is 6.92 Å². The fourth-order valence-electron chi connectivity index (χ4n) is 0.375. The summed E-state index contributed by atoms with van der Waals surface area (Å²) in [4.78, 5) is 0. The fraction of sp³-hybridized carbons (Fsp3) is 0.667. The summed E-state index contributed by atoms with van der Waals surface area (Å²) in [6, 6.07) is 0. The third-order valence-corrected chi connectivity index (χ3v) is 0.765. The summed E-state index contributed by atoms with van der Waals surface area (Å²) < 4.78 is 0. The van der Waals surface area contributed by atoms with Crippen molar-refractivity contribution in [3.63, 3.8) is 0 Å². The Morgan fingerprint density at radius 1 is 1.50 bits per heavy atom. The molecule has 0 amide bonds. The summed E-state index contributed by atoms with van der Waals surface area (Å²) in [5.74, 6) is 5.95. The summed E-state index contributed by atoms with van der Waals surface area (Å²) in [5.41, 5.74) is 0. The third-order valence-electron chi connectivity index (χ3n) is 0.765. The van der Waals surface area contributed by atoms with Crippen LogP contribution in [0.5, 0.6) is 0 Å². The van der Waals surface area contributed by atoms with E-state index in [0.29, 0.717) is 0 Å². The summed E-state index contributed by atoms with van der Waals surface area (Å²) in [6.07, 6.45) is 0. The van der Waals surface area contributed by atoms with Gasteiger partial charge in [-0.3, -0.25) is 0 Å². The average molecular weight is 103 g/mol. The maximum absolute atomic E-state index is 3.11. The van der Waals surface area contributed by atoms with Crippen LogP contribution in [0, 0.1) is 11.8 Å². The Morgan fingerprint density at radius 2 is 2.25 bits per heavy atom. The maximum atomic E-state index is 3.11. The Labute approximate surface area is 60.4 Å². The summed E-state index contributed by atoms with van der Waals surface area (Å²) in [5, 5.41) is 4.07. The van der Waals surface area contributed by atoms with Crippen LogP contribution in [-0.2, 0) is 0 Å². The second kappa shape index (κ2) is 7.12. The van der Waals surface area contributed by atoms with E-state index in [-0.39, 0.29) is 0 Å². The van der Waals surface area contributed by atoms with E-state index in [0.717, 1.165) is 18.2 Å². The van der Waals surface area contributed by atoms with Crippen LogP contribution >= 0.6 is 0 Å². The van der Waals surface area contributed by atoms with E-state index in [2.05, 4.69) is 41.8 Å². The summed E-state index contributed by atoms with van der Waals surface area (Å²) >= 11 is 2.05. The molecule has 0 radical (unpaired) electrons. The zero-order valence-electron chi connectivity index (χ0n) is 5.62. The Bertz CT molecular complexity index is 90.4. The molecule has 0 unspecified atom stereocenters. The van der Waals surface area contributed by atoms with Crippen molar-refractivity contribution in [3.8, 4) is 11.8 Å². The zero-order chi connectivity index (χ0) is 6.24. The standard InChI is InChI=1S/C6H10N.Li/c1-3-5-6-7-4-2;/h7H,1,4,6H2,2H3;. The van der Waals surface area contributed by atoms with E-state index in [9.17, 15) is 0 Å². The van der Waals surface area contributed by atoms with Crippen molar-refractivity contribution >= 4 is 17.7 Å². The number of hydrogen-bond acceptors (Lipinski definition) is 1. The van der Waals surface area contributed by atoms with Crippen LogP contribution in [0.25, 0.3) is 0 Å². The second-order valence-corrected chi connectivity index (χ2v) is 1.49. The van der Waals surface area contributed by atoms with Gasteiger partial charge in [-0.1, -0.05) is 0 Å². The van der Waals surface area contributed by atoms with Gasteiger partial charge in [0.2, 0.25) is 0 Å². The van der Waals surface area contributed by atoms with Gasteiger partial charge in [0.1, 0.15) is 0 Å². The molecule has 0 fully saturated rings. The Hall–Kier alpha value is 0.117. The Kier molecular flexibility index (Phi) is 7.22. The van der Waals surface area contributed by atoms with Gasteiger partial charge in [0.15, 0.2) is 0 Å². The monoisotopic (exact) mass is 103 g/mol. The van der Waals surface area contributed by atoms with Crippen molar-refractivity contribution < 1.29 is 0 Å². The topological polar surface area (TPSA) is 12.0 Å². The number of rotatable bonds is 2. The quantitative estimate of drug-likeness (QED) is 0.299. The molecule has 0 bridgehead atoms. The third kappa shape index (κ3) is 6.12. The molecule has 0 aromatic carbocycles. The van der Waals surface area contributed by atoms with Gasteiger partial charge in [0.25, 0.3) is 0 Å². The molecule has 0 aromatic heterocycles. The minimum absolute atomic E-state index is 0.838. The SMILES string of the molecule is [Li][CH2]C#CCNCC. The molecule has 0 atom stereocenters. The molecule has 2 heteroatoms. The molecule has 0 aliphatic heterocycles. The van der Waals surface area contributed by atoms with Gasteiger partial charge < -0.3 is 0 Å². The van der Waals surface area contributed by atoms with Crippen LogP contribution in [0.15, 0.2) is 0 Å². The van der Waals surface area contributed by atoms with Crippen molar-refractivity contribution in [1.82, 2.24) is 5.32 Å². The predicted octanol–water partition coefficient (Wildman–Crippen LogP) is 0.186. The molecule has 0 aliphatic carbocycles. The van der Waals surface area contributed by atoms with Crippen LogP contribution in [-0.4, -0.2) is 30.8 Å². The molecular formula is C6H10LiN. The van der Waals surface area contributed by atoms with E-state index in [1.165, 1.54) is 0 Å². The summed E-state index contributed by atoms with van der Waals surface area (Å²) in [7, 11) is 0. The van der Waals surface area contributed by atoms with E-state index < -0.39 is 0 Å². The molecule has 1 nitrogen and oxygen atoms in total. The van der Waals surface area contributed by atoms with Crippen LogP contribution < -0.4 is 5.32 Å². The minimum atomic E-state index is 0.838. The van der Waals surface area contributed by atoms with Crippen molar-refractivity contribution in [2.24, 2.45) is 0 Å². The molecule has 0 spiro atoms. The van der Waals surface area contributed by atoms with E-state index >= 15 is 0 Å². The van der Waals surface area contributed by atoms with Crippen molar-refractivity contribution in [2.75, 3.05) is 13.1 Å². The zero-order valence-corrected chi connectivity index (χ0v) is 5.62. The Morgan fingerprint density at radius 3 is 2.75 bits per heavy atom. The molecule has 1 N–H and O–H groups in total. The van der Waals surface area contributed by atoms with Crippen molar-refractivity contribution in [3.05, 3.63) is 0 Å². The molecule has 0 aliphatic rings. The molecule has 0 saturated carbocycles. The van der Waals surface area contributed by atoms with Crippen molar-refractivity contribution in [1.29, 1.82) is 0 Å². The number of hydrogen-bond donors (Lipinski definition) is 1. The van der Waals surface area contributed by atoms with Gasteiger partial charge in [-0.25, -0.2) is 0 Å². The Balaban J connectivity index is 2.90. The van der Waals surface area contributed by atoms with Gasteiger partial charge in [0, 0.05) is 0 Å². The summed E-state index contributed by atoms with van der Waals surface area (Å²) in [6.45, 7) is 3.93. The fourth-order valence-corrected chi connectivity index (χ4v) is 0.375. The predicted molar refractivity (Wildman–Crippen MR) is 36.9 cm³/mol. The number of nitrogens with one attached hydrogen (secondary N) is 1. The van der Waals surface area contributed by atoms with Gasteiger partial charge in [-0.15, -0.1) is 0 Å².